The van der Waals surface area contributed by atoms with Crippen molar-refractivity contribution in [3.05, 3.63) is 59.9 Å². The summed E-state index contributed by atoms with van der Waals surface area (Å²) in [6.45, 7) is 0. The summed E-state index contributed by atoms with van der Waals surface area (Å²) >= 11 is 4.90. The molecule has 0 unspecified atom stereocenters. The zero-order valence-corrected chi connectivity index (χ0v) is 11.2. The summed E-state index contributed by atoms with van der Waals surface area (Å²) < 4.78 is 13.4. The highest BCUT2D eigenvalue weighted by molar-refractivity contribution is 7.80. The molecule has 0 atom stereocenters. The van der Waals surface area contributed by atoms with Gasteiger partial charge in [0.1, 0.15) is 10.8 Å². The van der Waals surface area contributed by atoms with Crippen molar-refractivity contribution in [2.75, 3.05) is 10.6 Å². The minimum absolute atomic E-state index is 0.0952. The van der Waals surface area contributed by atoms with Crippen molar-refractivity contribution in [1.82, 2.24) is 0 Å². The number of benzene rings is 2. The third kappa shape index (κ3) is 3.30. The van der Waals surface area contributed by atoms with Crippen LogP contribution in [-0.2, 0) is 0 Å². The van der Waals surface area contributed by atoms with Gasteiger partial charge < -0.3 is 16.4 Å². The van der Waals surface area contributed by atoms with E-state index in [9.17, 15) is 9.18 Å². The Morgan fingerprint density at radius 2 is 1.55 bits per heavy atom. The predicted molar refractivity (Wildman–Crippen MR) is 81.4 cm³/mol. The number of para-hydroxylation sites is 2. The Bertz CT molecular complexity index is 660. The van der Waals surface area contributed by atoms with E-state index >= 15 is 0 Å². The number of thiocarbonyl (C=S) groups is 1. The third-order valence-corrected chi connectivity index (χ3v) is 2.78. The summed E-state index contributed by atoms with van der Waals surface area (Å²) in [6, 6.07) is 12.2. The van der Waals surface area contributed by atoms with Crippen molar-refractivity contribution in [1.29, 1.82) is 0 Å². The molecule has 0 aromatic heterocycles. The number of amides is 2. The SMILES string of the molecule is NC(=S)c1ccccc1NC(=O)Nc1ccccc1F. The maximum absolute atomic E-state index is 13.4. The smallest absolute Gasteiger partial charge is 0.323 e. The quantitative estimate of drug-likeness (QED) is 0.761. The highest BCUT2D eigenvalue weighted by Gasteiger charge is 2.09. The van der Waals surface area contributed by atoms with Gasteiger partial charge >= 0.3 is 6.03 Å². The van der Waals surface area contributed by atoms with Crippen molar-refractivity contribution < 1.29 is 9.18 Å². The molecule has 6 heteroatoms. The van der Waals surface area contributed by atoms with E-state index in [2.05, 4.69) is 10.6 Å². The lowest BCUT2D eigenvalue weighted by Crippen LogP contribution is -2.22. The van der Waals surface area contributed by atoms with E-state index in [0.29, 0.717) is 11.3 Å². The Kier molecular flexibility index (Phi) is 4.27. The summed E-state index contributed by atoms with van der Waals surface area (Å²) in [4.78, 5) is 12.0. The Morgan fingerprint density at radius 3 is 2.20 bits per heavy atom. The summed E-state index contributed by atoms with van der Waals surface area (Å²) in [5, 5.41) is 5.00. The summed E-state index contributed by atoms with van der Waals surface area (Å²) in [5.74, 6) is -0.509. The van der Waals surface area contributed by atoms with E-state index in [-0.39, 0.29) is 10.7 Å². The minimum Gasteiger partial charge on any atom is -0.389 e. The largest absolute Gasteiger partial charge is 0.389 e. The van der Waals surface area contributed by atoms with E-state index in [1.54, 1.807) is 36.4 Å². The van der Waals surface area contributed by atoms with Crippen molar-refractivity contribution in [2.24, 2.45) is 5.73 Å². The van der Waals surface area contributed by atoms with E-state index in [1.165, 1.54) is 12.1 Å². The van der Waals surface area contributed by atoms with Gasteiger partial charge in [-0.05, 0) is 24.3 Å². The number of rotatable bonds is 3. The van der Waals surface area contributed by atoms with Crippen LogP contribution in [0.15, 0.2) is 48.5 Å². The van der Waals surface area contributed by atoms with Crippen LogP contribution in [0, 0.1) is 5.82 Å². The molecule has 4 nitrogen and oxygen atoms in total. The van der Waals surface area contributed by atoms with Gasteiger partial charge in [-0.2, -0.15) is 0 Å². The van der Waals surface area contributed by atoms with Gasteiger partial charge in [0, 0.05) is 5.56 Å². The summed E-state index contributed by atoms with van der Waals surface area (Å²) in [6.07, 6.45) is 0. The van der Waals surface area contributed by atoms with Crippen LogP contribution in [0.3, 0.4) is 0 Å². The fourth-order valence-corrected chi connectivity index (χ4v) is 1.82. The standard InChI is InChI=1S/C14H12FN3OS/c15-10-6-2-4-8-12(10)18-14(19)17-11-7-3-1-5-9(11)13(16)20/h1-8H,(H2,16,20)(H2,17,18,19). The van der Waals surface area contributed by atoms with Crippen molar-refractivity contribution in [2.45, 2.75) is 0 Å². The normalized spacial score (nSPS) is 9.85. The fourth-order valence-electron chi connectivity index (χ4n) is 1.65. The molecule has 20 heavy (non-hydrogen) atoms. The maximum atomic E-state index is 13.4. The Balaban J connectivity index is 2.13. The van der Waals surface area contributed by atoms with Crippen LogP contribution < -0.4 is 16.4 Å². The molecule has 2 aromatic carbocycles. The molecule has 0 spiro atoms. The van der Waals surface area contributed by atoms with Crippen LogP contribution in [0.2, 0.25) is 0 Å². The average Bonchev–Trinajstić information content (AvgIpc) is 2.41. The van der Waals surface area contributed by atoms with Crippen LogP contribution >= 0.6 is 12.2 Å². The van der Waals surface area contributed by atoms with E-state index < -0.39 is 11.8 Å². The molecule has 0 bridgehead atoms. The molecule has 102 valence electrons. The molecule has 0 heterocycles. The lowest BCUT2D eigenvalue weighted by atomic mass is 10.2. The van der Waals surface area contributed by atoms with E-state index in [0.717, 1.165) is 0 Å². The summed E-state index contributed by atoms with van der Waals surface area (Å²) in [7, 11) is 0. The fraction of sp³-hybridized carbons (Fsp3) is 0. The minimum atomic E-state index is -0.571. The van der Waals surface area contributed by atoms with Gasteiger partial charge in [-0.3, -0.25) is 0 Å². The monoisotopic (exact) mass is 289 g/mol. The van der Waals surface area contributed by atoms with Gasteiger partial charge in [0.15, 0.2) is 0 Å². The molecule has 2 aromatic rings. The lowest BCUT2D eigenvalue weighted by molar-refractivity contribution is 0.262. The molecule has 0 saturated carbocycles. The number of hydrogen-bond donors (Lipinski definition) is 3. The van der Waals surface area contributed by atoms with Crippen LogP contribution in [0.4, 0.5) is 20.6 Å². The van der Waals surface area contributed by atoms with E-state index in [4.69, 9.17) is 18.0 Å². The van der Waals surface area contributed by atoms with Gasteiger partial charge in [0.05, 0.1) is 11.4 Å². The molecule has 4 N–H and O–H groups in total. The molecule has 2 rings (SSSR count). The van der Waals surface area contributed by atoms with Crippen molar-refractivity contribution in [3.63, 3.8) is 0 Å². The highest BCUT2D eigenvalue weighted by Crippen LogP contribution is 2.16. The number of hydrogen-bond acceptors (Lipinski definition) is 2. The molecule has 0 aliphatic carbocycles. The van der Waals surface area contributed by atoms with Gasteiger partial charge in [0.25, 0.3) is 0 Å². The average molecular weight is 289 g/mol. The predicted octanol–water partition coefficient (Wildman–Crippen LogP) is 3.10. The van der Waals surface area contributed by atoms with Crippen LogP contribution in [0.5, 0.6) is 0 Å². The molecule has 0 aliphatic rings. The topological polar surface area (TPSA) is 67.1 Å². The number of anilines is 2. The summed E-state index contributed by atoms with van der Waals surface area (Å²) in [5.41, 5.74) is 6.68. The number of halogens is 1. The maximum Gasteiger partial charge on any atom is 0.323 e. The second-order valence-corrected chi connectivity index (χ2v) is 4.41. The van der Waals surface area contributed by atoms with Crippen LogP contribution in [-0.4, -0.2) is 11.0 Å². The molecule has 0 saturated heterocycles. The first-order valence-electron chi connectivity index (χ1n) is 5.79. The number of carbonyl (C=O) groups excluding carboxylic acids is 1. The second kappa shape index (κ2) is 6.12. The Morgan fingerprint density at radius 1 is 1.00 bits per heavy atom. The van der Waals surface area contributed by atoms with Gasteiger partial charge in [-0.15, -0.1) is 0 Å². The Labute approximate surface area is 120 Å². The second-order valence-electron chi connectivity index (χ2n) is 3.97. The van der Waals surface area contributed by atoms with E-state index in [1.807, 2.05) is 0 Å². The lowest BCUT2D eigenvalue weighted by Gasteiger charge is -2.11. The van der Waals surface area contributed by atoms with Crippen molar-refractivity contribution in [3.8, 4) is 0 Å². The molecule has 0 fully saturated rings. The molecular weight excluding hydrogens is 277 g/mol. The first kappa shape index (κ1) is 14.0. The van der Waals surface area contributed by atoms with Crippen molar-refractivity contribution >= 4 is 34.6 Å². The van der Waals surface area contributed by atoms with Crippen LogP contribution in [0.1, 0.15) is 5.56 Å². The van der Waals surface area contributed by atoms with Gasteiger partial charge in [-0.1, -0.05) is 36.5 Å². The van der Waals surface area contributed by atoms with Crippen LogP contribution in [0.25, 0.3) is 0 Å². The first-order valence-corrected chi connectivity index (χ1v) is 6.20. The zero-order valence-electron chi connectivity index (χ0n) is 10.4. The third-order valence-electron chi connectivity index (χ3n) is 2.56. The molecular formula is C14H12FN3OS. The number of nitrogens with two attached hydrogens (primary N) is 1. The molecule has 2 amide bonds. The van der Waals surface area contributed by atoms with Gasteiger partial charge in [0.2, 0.25) is 0 Å². The number of urea groups is 1. The molecule has 0 radical (unpaired) electrons. The zero-order chi connectivity index (χ0) is 14.5. The number of carbonyl (C=O) groups is 1. The Hall–Kier alpha value is -2.47. The number of nitrogens with one attached hydrogen (secondary N) is 2. The molecule has 0 aliphatic heterocycles. The van der Waals surface area contributed by atoms with Gasteiger partial charge in [-0.25, -0.2) is 9.18 Å². The first-order chi connectivity index (χ1) is 9.58. The highest BCUT2D eigenvalue weighted by atomic mass is 32.1.